The van der Waals surface area contributed by atoms with Crippen LogP contribution in [-0.4, -0.2) is 19.0 Å². The van der Waals surface area contributed by atoms with Crippen LogP contribution in [0.5, 0.6) is 5.75 Å². The van der Waals surface area contributed by atoms with E-state index in [0.29, 0.717) is 30.3 Å². The molecule has 4 aliphatic rings. The average molecular weight is 527 g/mol. The maximum Gasteiger partial charge on any atom is 0.136 e. The number of rotatable bonds is 7. The Morgan fingerprint density at radius 2 is 1.64 bits per heavy atom. The molecule has 208 valence electrons. The molecule has 3 heteroatoms. The fourth-order valence-corrected chi connectivity index (χ4v) is 9.78. The smallest absolute Gasteiger partial charge is 0.136 e. The first-order valence-electron chi connectivity index (χ1n) is 15.3. The van der Waals surface area contributed by atoms with Gasteiger partial charge in [0.25, 0.3) is 0 Å². The summed E-state index contributed by atoms with van der Waals surface area (Å²) in [6.45, 7) is 7.61. The average Bonchev–Trinajstić information content (AvgIpc) is 3.25. The fourth-order valence-electron chi connectivity index (χ4n) is 9.78. The van der Waals surface area contributed by atoms with Gasteiger partial charge >= 0.3 is 0 Å². The molecule has 2 aromatic carbocycles. The highest BCUT2D eigenvalue weighted by atomic mass is 16.5. The van der Waals surface area contributed by atoms with Gasteiger partial charge in [-0.05, 0) is 117 Å². The molecule has 3 fully saturated rings. The molecule has 6 rings (SSSR count). The first kappa shape index (κ1) is 26.8. The van der Waals surface area contributed by atoms with Crippen LogP contribution in [0.1, 0.15) is 83.3 Å². The molecule has 7 atom stereocenters. The summed E-state index contributed by atoms with van der Waals surface area (Å²) in [7, 11) is 1.71. The van der Waals surface area contributed by atoms with Crippen molar-refractivity contribution < 1.29 is 14.3 Å². The minimum absolute atomic E-state index is 0.0935. The lowest BCUT2D eigenvalue weighted by Gasteiger charge is -2.59. The molecular formula is C36H46O3. The van der Waals surface area contributed by atoms with Gasteiger partial charge < -0.3 is 9.47 Å². The summed E-state index contributed by atoms with van der Waals surface area (Å²) in [5.74, 6) is 3.38. The van der Waals surface area contributed by atoms with Crippen molar-refractivity contribution >= 4 is 5.78 Å². The standard InChI is InChI=1S/C36H46O3/c1-25(37)36(23-26-8-6-5-7-9-26)21-18-33-31-15-12-28-22-30(39-24-27-10-13-29(38-4)14-11-27)16-19-34(28,2)32(31)17-20-35(33,36)3/h5-14,30-33H,15-24H2,1-4H3/t30-,31?,32?,33?,34-,35-,36-/m0/s1. The van der Waals surface area contributed by atoms with Gasteiger partial charge in [-0.2, -0.15) is 0 Å². The molecule has 0 aliphatic heterocycles. The zero-order valence-corrected chi connectivity index (χ0v) is 24.4. The van der Waals surface area contributed by atoms with E-state index in [4.69, 9.17) is 9.47 Å². The van der Waals surface area contributed by atoms with Gasteiger partial charge in [0.2, 0.25) is 0 Å². The van der Waals surface area contributed by atoms with E-state index >= 15 is 0 Å². The van der Waals surface area contributed by atoms with Crippen LogP contribution in [0.2, 0.25) is 0 Å². The van der Waals surface area contributed by atoms with Crippen molar-refractivity contribution in [1.29, 1.82) is 0 Å². The molecular weight excluding hydrogens is 480 g/mol. The Kier molecular flexibility index (Phi) is 7.03. The third kappa shape index (κ3) is 4.40. The Hall–Kier alpha value is -2.39. The Labute approximate surface area is 235 Å². The summed E-state index contributed by atoms with van der Waals surface area (Å²) >= 11 is 0. The molecule has 0 amide bonds. The first-order valence-corrected chi connectivity index (χ1v) is 15.3. The first-order chi connectivity index (χ1) is 18.8. The Balaban J connectivity index is 1.18. The Bertz CT molecular complexity index is 1220. The molecule has 3 nitrogen and oxygen atoms in total. The van der Waals surface area contributed by atoms with Crippen LogP contribution >= 0.6 is 0 Å². The third-order valence-corrected chi connectivity index (χ3v) is 12.1. The Morgan fingerprint density at radius 3 is 2.36 bits per heavy atom. The number of Topliss-reactive ketones (excluding diaryl/α,β-unsaturated/α-hetero) is 1. The van der Waals surface area contributed by atoms with E-state index in [2.05, 4.69) is 62.4 Å². The quantitative estimate of drug-likeness (QED) is 0.340. The predicted octanol–water partition coefficient (Wildman–Crippen LogP) is 8.36. The zero-order valence-electron chi connectivity index (χ0n) is 24.4. The number of hydrogen-bond acceptors (Lipinski definition) is 3. The van der Waals surface area contributed by atoms with Gasteiger partial charge in [-0.1, -0.05) is 68.0 Å². The number of allylic oxidation sites excluding steroid dienone is 1. The summed E-state index contributed by atoms with van der Waals surface area (Å²) in [6.07, 6.45) is 13.1. The molecule has 0 N–H and O–H groups in total. The maximum atomic E-state index is 13.5. The van der Waals surface area contributed by atoms with Gasteiger partial charge in [0.1, 0.15) is 11.5 Å². The number of fused-ring (bicyclic) bond motifs is 5. The number of carbonyl (C=O) groups excluding carboxylic acids is 1. The van der Waals surface area contributed by atoms with Crippen LogP contribution < -0.4 is 4.74 Å². The van der Waals surface area contributed by atoms with Crippen LogP contribution in [0, 0.1) is 34.0 Å². The van der Waals surface area contributed by atoms with Crippen molar-refractivity contribution in [2.45, 2.75) is 91.3 Å². The second-order valence-corrected chi connectivity index (χ2v) is 13.6. The molecule has 0 heterocycles. The van der Waals surface area contributed by atoms with Crippen molar-refractivity contribution in [3.8, 4) is 5.75 Å². The molecule has 3 saturated carbocycles. The van der Waals surface area contributed by atoms with E-state index in [1.165, 1.54) is 43.2 Å². The van der Waals surface area contributed by atoms with Gasteiger partial charge in [0.15, 0.2) is 0 Å². The normalized spacial score (nSPS) is 37.3. The molecule has 0 radical (unpaired) electrons. The lowest BCUT2D eigenvalue weighted by Crippen LogP contribution is -2.54. The minimum atomic E-state index is -0.220. The van der Waals surface area contributed by atoms with Crippen LogP contribution in [0.15, 0.2) is 66.2 Å². The number of hydrogen-bond donors (Lipinski definition) is 0. The maximum absolute atomic E-state index is 13.5. The number of benzene rings is 2. The summed E-state index contributed by atoms with van der Waals surface area (Å²) in [5.41, 5.74) is 4.34. The highest BCUT2D eigenvalue weighted by molar-refractivity contribution is 5.84. The molecule has 0 bridgehead atoms. The van der Waals surface area contributed by atoms with Crippen LogP contribution in [0.25, 0.3) is 0 Å². The van der Waals surface area contributed by atoms with Crippen molar-refractivity contribution in [1.82, 2.24) is 0 Å². The molecule has 2 aromatic rings. The lowest BCUT2D eigenvalue weighted by atomic mass is 9.45. The second kappa shape index (κ2) is 10.2. The molecule has 39 heavy (non-hydrogen) atoms. The topological polar surface area (TPSA) is 35.5 Å². The summed E-state index contributed by atoms with van der Waals surface area (Å²) < 4.78 is 11.7. The SMILES string of the molecule is COc1ccc(CO[C@H]2CC[C@@]3(C)C(=CCC4C3CC[C@@]3(C)C4CC[C@]3(Cc3ccccc3)C(C)=O)C2)cc1. The van der Waals surface area contributed by atoms with E-state index in [0.717, 1.165) is 37.4 Å². The molecule has 0 spiro atoms. The van der Waals surface area contributed by atoms with Gasteiger partial charge in [-0.15, -0.1) is 0 Å². The third-order valence-electron chi connectivity index (χ3n) is 12.1. The van der Waals surface area contributed by atoms with Crippen molar-refractivity contribution in [2.75, 3.05) is 7.11 Å². The van der Waals surface area contributed by atoms with E-state index in [9.17, 15) is 4.79 Å². The van der Waals surface area contributed by atoms with Crippen LogP contribution in [0.3, 0.4) is 0 Å². The zero-order chi connectivity index (χ0) is 27.3. The highest BCUT2D eigenvalue weighted by Crippen LogP contribution is 2.70. The number of ketones is 1. The molecule has 0 saturated heterocycles. The molecule has 4 aliphatic carbocycles. The number of ether oxygens (including phenoxy) is 2. The largest absolute Gasteiger partial charge is 0.497 e. The Morgan fingerprint density at radius 1 is 0.897 bits per heavy atom. The van der Waals surface area contributed by atoms with Gasteiger partial charge in [-0.25, -0.2) is 0 Å². The van der Waals surface area contributed by atoms with E-state index < -0.39 is 0 Å². The lowest BCUT2D eigenvalue weighted by molar-refractivity contribution is -0.140. The summed E-state index contributed by atoms with van der Waals surface area (Å²) in [4.78, 5) is 13.5. The van der Waals surface area contributed by atoms with Crippen molar-refractivity contribution in [2.24, 2.45) is 34.0 Å². The predicted molar refractivity (Wildman–Crippen MR) is 157 cm³/mol. The fraction of sp³-hybridized carbons (Fsp3) is 0.583. The van der Waals surface area contributed by atoms with Gasteiger partial charge in [0.05, 0.1) is 19.8 Å². The monoisotopic (exact) mass is 526 g/mol. The van der Waals surface area contributed by atoms with Crippen molar-refractivity contribution in [3.05, 3.63) is 77.4 Å². The number of carbonyl (C=O) groups is 1. The van der Waals surface area contributed by atoms with Crippen LogP contribution in [0.4, 0.5) is 0 Å². The van der Waals surface area contributed by atoms with Gasteiger partial charge in [0, 0.05) is 5.41 Å². The molecule has 0 aromatic heterocycles. The summed E-state index contributed by atoms with van der Waals surface area (Å²) in [6, 6.07) is 19.0. The van der Waals surface area contributed by atoms with E-state index in [-0.39, 0.29) is 16.2 Å². The van der Waals surface area contributed by atoms with Gasteiger partial charge in [-0.3, -0.25) is 4.79 Å². The van der Waals surface area contributed by atoms with Crippen LogP contribution in [-0.2, 0) is 22.6 Å². The highest BCUT2D eigenvalue weighted by Gasteiger charge is 2.65. The minimum Gasteiger partial charge on any atom is -0.497 e. The number of methoxy groups -OCH3 is 1. The van der Waals surface area contributed by atoms with E-state index in [1.54, 1.807) is 12.7 Å². The molecule has 3 unspecified atom stereocenters. The summed E-state index contributed by atoms with van der Waals surface area (Å²) in [5, 5.41) is 0. The van der Waals surface area contributed by atoms with E-state index in [1.807, 2.05) is 19.1 Å². The second-order valence-electron chi connectivity index (χ2n) is 13.6. The van der Waals surface area contributed by atoms with Crippen molar-refractivity contribution in [3.63, 3.8) is 0 Å².